The van der Waals surface area contributed by atoms with E-state index in [1.165, 1.54) is 32.1 Å². The average molecular weight is 610 g/mol. The zero-order valence-corrected chi connectivity index (χ0v) is 25.5. The first-order valence-corrected chi connectivity index (χ1v) is 15.9. The fraction of sp³-hybridized carbons (Fsp3) is 0.833. The van der Waals surface area contributed by atoms with Crippen LogP contribution >= 0.6 is 0 Å². The summed E-state index contributed by atoms with van der Waals surface area (Å²) in [7, 11) is 0. The molecule has 1 aliphatic heterocycles. The number of aliphatic carboxylic acids is 3. The Morgan fingerprint density at radius 3 is 1.30 bits per heavy atom. The van der Waals surface area contributed by atoms with Crippen LogP contribution in [-0.2, 0) is 24.0 Å². The summed E-state index contributed by atoms with van der Waals surface area (Å²) in [6.45, 7) is 2.17. The SMILES string of the molecule is O=CCN(C(=O)CN1CCN(CC(=O)O)CCN(CC(=O)O)CCN(CC(=O)O)CC1)C1CCC(C2CCCCC2)CC1. The largest absolute Gasteiger partial charge is 0.480 e. The molecule has 0 bridgehead atoms. The van der Waals surface area contributed by atoms with Crippen LogP contribution in [0.5, 0.6) is 0 Å². The highest BCUT2D eigenvalue weighted by atomic mass is 16.4. The Labute approximate surface area is 254 Å². The second kappa shape index (κ2) is 18.3. The summed E-state index contributed by atoms with van der Waals surface area (Å²) < 4.78 is 0. The molecule has 0 unspecified atom stereocenters. The quantitative estimate of drug-likeness (QED) is 0.265. The van der Waals surface area contributed by atoms with Crippen LogP contribution in [0.4, 0.5) is 0 Å². The lowest BCUT2D eigenvalue weighted by Crippen LogP contribution is -2.51. The minimum Gasteiger partial charge on any atom is -0.480 e. The molecule has 0 radical (unpaired) electrons. The summed E-state index contributed by atoms with van der Waals surface area (Å²) in [5.74, 6) is -1.64. The van der Waals surface area contributed by atoms with E-state index in [9.17, 15) is 39.3 Å². The second-order valence-corrected chi connectivity index (χ2v) is 12.5. The number of carboxylic acid groups (broad SMARTS) is 3. The van der Waals surface area contributed by atoms with Crippen molar-refractivity contribution < 1.29 is 39.3 Å². The van der Waals surface area contributed by atoms with Crippen molar-refractivity contribution in [3.63, 3.8) is 0 Å². The van der Waals surface area contributed by atoms with Crippen molar-refractivity contribution in [2.45, 2.75) is 63.8 Å². The number of amides is 1. The van der Waals surface area contributed by atoms with E-state index in [2.05, 4.69) is 0 Å². The molecule has 3 fully saturated rings. The number of hydrogen-bond donors (Lipinski definition) is 3. The first kappa shape index (κ1) is 34.9. The van der Waals surface area contributed by atoms with Gasteiger partial charge in [0.05, 0.1) is 32.7 Å². The van der Waals surface area contributed by atoms with Crippen LogP contribution < -0.4 is 0 Å². The van der Waals surface area contributed by atoms with E-state index in [1.807, 2.05) is 4.90 Å². The molecule has 2 saturated carbocycles. The standard InChI is InChI=1S/C30H51N5O8/c36-19-18-35(26-8-6-25(7-9-26)24-4-2-1-3-5-24)27(37)20-31-10-12-32(21-28(38)39)14-16-34(23-30(42)43)17-15-33(13-11-31)22-29(40)41/h19,24-26H,1-18,20-23H2,(H,38,39)(H,40,41)(H,42,43). The van der Waals surface area contributed by atoms with E-state index < -0.39 is 17.9 Å². The molecule has 1 saturated heterocycles. The minimum absolute atomic E-state index is 0.0252. The van der Waals surface area contributed by atoms with Crippen molar-refractivity contribution in [2.75, 3.05) is 85.1 Å². The van der Waals surface area contributed by atoms with Crippen molar-refractivity contribution in [3.05, 3.63) is 0 Å². The molecule has 43 heavy (non-hydrogen) atoms. The van der Waals surface area contributed by atoms with Crippen molar-refractivity contribution in [3.8, 4) is 0 Å². The van der Waals surface area contributed by atoms with E-state index in [-0.39, 0.29) is 44.7 Å². The Kier molecular flexibility index (Phi) is 14.8. The number of hydrogen-bond acceptors (Lipinski definition) is 9. The first-order valence-electron chi connectivity index (χ1n) is 15.9. The van der Waals surface area contributed by atoms with Gasteiger partial charge in [0, 0.05) is 58.4 Å². The normalized spacial score (nSPS) is 24.8. The maximum Gasteiger partial charge on any atom is 0.317 e. The van der Waals surface area contributed by atoms with Crippen LogP contribution in [0.1, 0.15) is 57.8 Å². The summed E-state index contributed by atoms with van der Waals surface area (Å²) in [5, 5.41) is 28.2. The van der Waals surface area contributed by atoms with Crippen molar-refractivity contribution >= 4 is 30.1 Å². The summed E-state index contributed by atoms with van der Waals surface area (Å²) in [6, 6.07) is 0.0252. The molecule has 1 amide bonds. The number of nitrogens with zero attached hydrogens (tertiary/aromatic N) is 5. The summed E-state index contributed by atoms with van der Waals surface area (Å²) >= 11 is 0. The predicted octanol–water partition coefficient (Wildman–Crippen LogP) is 0.628. The fourth-order valence-electron chi connectivity index (χ4n) is 7.09. The maximum absolute atomic E-state index is 13.7. The van der Waals surface area contributed by atoms with Crippen molar-refractivity contribution in [1.82, 2.24) is 24.5 Å². The van der Waals surface area contributed by atoms with Crippen LogP contribution in [0, 0.1) is 11.8 Å². The Hall–Kier alpha value is -2.61. The molecule has 0 aromatic heterocycles. The Bertz CT molecular complexity index is 890. The molecule has 13 nitrogen and oxygen atoms in total. The number of carbonyl (C=O) groups excluding carboxylic acids is 2. The van der Waals surface area contributed by atoms with Crippen LogP contribution in [0.3, 0.4) is 0 Å². The second-order valence-electron chi connectivity index (χ2n) is 12.5. The number of carboxylic acids is 3. The molecule has 0 spiro atoms. The zero-order chi connectivity index (χ0) is 31.2. The van der Waals surface area contributed by atoms with E-state index in [4.69, 9.17) is 0 Å². The summed E-state index contributed by atoms with van der Waals surface area (Å²) in [6.07, 6.45) is 11.3. The Morgan fingerprint density at radius 1 is 0.558 bits per heavy atom. The molecule has 0 aromatic carbocycles. The topological polar surface area (TPSA) is 162 Å². The Morgan fingerprint density at radius 2 is 0.930 bits per heavy atom. The lowest BCUT2D eigenvalue weighted by atomic mass is 9.72. The van der Waals surface area contributed by atoms with Gasteiger partial charge in [-0.3, -0.25) is 38.8 Å². The molecule has 13 heteroatoms. The van der Waals surface area contributed by atoms with E-state index in [1.54, 1.807) is 19.6 Å². The monoisotopic (exact) mass is 609 g/mol. The molecule has 3 N–H and O–H groups in total. The molecular formula is C30H51N5O8. The smallest absolute Gasteiger partial charge is 0.317 e. The van der Waals surface area contributed by atoms with Gasteiger partial charge < -0.3 is 25.0 Å². The van der Waals surface area contributed by atoms with E-state index in [0.717, 1.165) is 37.9 Å². The predicted molar refractivity (Wildman–Crippen MR) is 159 cm³/mol. The number of carbonyl (C=O) groups is 5. The molecule has 2 aliphatic carbocycles. The first-order chi connectivity index (χ1) is 20.6. The Balaban J connectivity index is 1.67. The minimum atomic E-state index is -1.01. The fourth-order valence-corrected chi connectivity index (χ4v) is 7.09. The van der Waals surface area contributed by atoms with Crippen LogP contribution in [0.15, 0.2) is 0 Å². The van der Waals surface area contributed by atoms with E-state index >= 15 is 0 Å². The van der Waals surface area contributed by atoms with Crippen molar-refractivity contribution in [2.24, 2.45) is 11.8 Å². The number of aldehydes is 1. The summed E-state index contributed by atoms with van der Waals surface area (Å²) in [5.41, 5.74) is 0. The van der Waals surface area contributed by atoms with Crippen LogP contribution in [0.2, 0.25) is 0 Å². The van der Waals surface area contributed by atoms with Gasteiger partial charge in [0.2, 0.25) is 5.91 Å². The van der Waals surface area contributed by atoms with Gasteiger partial charge in [0.1, 0.15) is 6.29 Å². The molecule has 0 atom stereocenters. The van der Waals surface area contributed by atoms with E-state index in [0.29, 0.717) is 58.3 Å². The average Bonchev–Trinajstić information content (AvgIpc) is 2.97. The molecule has 1 heterocycles. The van der Waals surface area contributed by atoms with Gasteiger partial charge in [0.25, 0.3) is 0 Å². The van der Waals surface area contributed by atoms with Gasteiger partial charge in [-0.1, -0.05) is 32.1 Å². The van der Waals surface area contributed by atoms with Gasteiger partial charge in [0.15, 0.2) is 0 Å². The van der Waals surface area contributed by atoms with Gasteiger partial charge in [-0.05, 0) is 37.5 Å². The molecule has 3 aliphatic rings. The van der Waals surface area contributed by atoms with Gasteiger partial charge in [-0.15, -0.1) is 0 Å². The van der Waals surface area contributed by atoms with Crippen LogP contribution in [0.25, 0.3) is 0 Å². The lowest BCUT2D eigenvalue weighted by Gasteiger charge is -2.40. The third-order valence-corrected chi connectivity index (χ3v) is 9.46. The lowest BCUT2D eigenvalue weighted by molar-refractivity contribution is -0.141. The maximum atomic E-state index is 13.7. The summed E-state index contributed by atoms with van der Waals surface area (Å²) in [4.78, 5) is 68.6. The molecule has 244 valence electrons. The third-order valence-electron chi connectivity index (χ3n) is 9.46. The number of rotatable bonds is 12. The van der Waals surface area contributed by atoms with Gasteiger partial charge >= 0.3 is 17.9 Å². The van der Waals surface area contributed by atoms with Gasteiger partial charge in [-0.2, -0.15) is 0 Å². The molecule has 0 aromatic rings. The molecular weight excluding hydrogens is 558 g/mol. The highest BCUT2D eigenvalue weighted by Gasteiger charge is 2.33. The molecule has 3 rings (SSSR count). The third kappa shape index (κ3) is 12.5. The van der Waals surface area contributed by atoms with Gasteiger partial charge in [-0.25, -0.2) is 0 Å². The highest BCUT2D eigenvalue weighted by molar-refractivity contribution is 5.80. The van der Waals surface area contributed by atoms with Crippen molar-refractivity contribution in [1.29, 1.82) is 0 Å². The van der Waals surface area contributed by atoms with Crippen LogP contribution in [-0.4, -0.2) is 161 Å². The highest BCUT2D eigenvalue weighted by Crippen LogP contribution is 2.39. The zero-order valence-electron chi connectivity index (χ0n) is 25.5.